The minimum Gasteiger partial charge on any atom is -0.468 e. The van der Waals surface area contributed by atoms with E-state index >= 15 is 0 Å². The number of nitrogens with zero attached hydrogens (tertiary/aromatic N) is 5. The zero-order chi connectivity index (χ0) is 28.1. The normalized spacial score (nSPS) is 20.5. The zero-order valence-electron chi connectivity index (χ0n) is 23.2. The predicted octanol–water partition coefficient (Wildman–Crippen LogP) is 2.52. The molecule has 0 aromatic heterocycles. The summed E-state index contributed by atoms with van der Waals surface area (Å²) in [6, 6.07) is 15.3. The van der Waals surface area contributed by atoms with Gasteiger partial charge in [0, 0.05) is 75.2 Å². The Morgan fingerprint density at radius 1 is 0.875 bits per heavy atom. The van der Waals surface area contributed by atoms with Crippen molar-refractivity contribution in [3.05, 3.63) is 65.2 Å². The van der Waals surface area contributed by atoms with Gasteiger partial charge in [-0.1, -0.05) is 17.3 Å². The van der Waals surface area contributed by atoms with Crippen LogP contribution >= 0.6 is 0 Å². The molecule has 10 nitrogen and oxygen atoms in total. The van der Waals surface area contributed by atoms with Gasteiger partial charge in [-0.15, -0.1) is 0 Å². The van der Waals surface area contributed by atoms with Gasteiger partial charge in [0.2, 0.25) is 0 Å². The first-order valence-corrected chi connectivity index (χ1v) is 14.3. The highest BCUT2D eigenvalue weighted by atomic mass is 16.5. The SMILES string of the molecule is COC(=O)C(c1ccc(C(=O)N2CCCC2)cc1)N1CCC(N2CCN(c3ccc(/C(N)=N\O)cc3)CC2)CC1. The van der Waals surface area contributed by atoms with Crippen LogP contribution in [0.2, 0.25) is 0 Å². The molecule has 1 unspecified atom stereocenters. The molecule has 3 N–H and O–H groups in total. The Morgan fingerprint density at radius 3 is 2.05 bits per heavy atom. The summed E-state index contributed by atoms with van der Waals surface area (Å²) in [4.78, 5) is 34.7. The lowest BCUT2D eigenvalue weighted by atomic mass is 9.97. The second kappa shape index (κ2) is 12.7. The topological polar surface area (TPSA) is 115 Å². The fourth-order valence-corrected chi connectivity index (χ4v) is 6.27. The van der Waals surface area contributed by atoms with E-state index in [1.807, 2.05) is 53.4 Å². The Labute approximate surface area is 235 Å². The van der Waals surface area contributed by atoms with Crippen LogP contribution in [0.25, 0.3) is 0 Å². The molecule has 10 heteroatoms. The molecule has 2 aromatic carbocycles. The zero-order valence-corrected chi connectivity index (χ0v) is 23.2. The van der Waals surface area contributed by atoms with Crippen molar-refractivity contribution >= 4 is 23.4 Å². The molecule has 0 bridgehead atoms. The van der Waals surface area contributed by atoms with Crippen molar-refractivity contribution in [1.29, 1.82) is 0 Å². The summed E-state index contributed by atoms with van der Waals surface area (Å²) in [6.07, 6.45) is 4.11. The van der Waals surface area contributed by atoms with Gasteiger partial charge in [-0.2, -0.15) is 0 Å². The molecule has 0 spiro atoms. The van der Waals surface area contributed by atoms with Gasteiger partial charge in [0.15, 0.2) is 5.84 Å². The van der Waals surface area contributed by atoms with Crippen molar-refractivity contribution in [2.45, 2.75) is 37.8 Å². The van der Waals surface area contributed by atoms with E-state index in [0.29, 0.717) is 17.2 Å². The second-order valence-electron chi connectivity index (χ2n) is 10.9. The molecule has 3 fully saturated rings. The summed E-state index contributed by atoms with van der Waals surface area (Å²) in [5.74, 6) is -0.0806. The van der Waals surface area contributed by atoms with Crippen LogP contribution in [0.15, 0.2) is 53.7 Å². The van der Waals surface area contributed by atoms with Crippen LogP contribution in [0.5, 0.6) is 0 Å². The number of likely N-dealkylation sites (tertiary alicyclic amines) is 2. The first-order valence-electron chi connectivity index (χ1n) is 14.3. The van der Waals surface area contributed by atoms with E-state index in [4.69, 9.17) is 15.7 Å². The molecule has 1 amide bonds. The molecule has 5 rings (SSSR count). The number of ether oxygens (including phenoxy) is 1. The van der Waals surface area contributed by atoms with Crippen molar-refractivity contribution in [2.24, 2.45) is 10.9 Å². The Morgan fingerprint density at radius 2 is 1.48 bits per heavy atom. The number of esters is 1. The van der Waals surface area contributed by atoms with Crippen LogP contribution in [0.4, 0.5) is 5.69 Å². The number of hydrogen-bond acceptors (Lipinski definition) is 8. The number of rotatable bonds is 7. The quantitative estimate of drug-likeness (QED) is 0.178. The maximum Gasteiger partial charge on any atom is 0.327 e. The number of piperazine rings is 1. The molecule has 3 saturated heterocycles. The molecule has 0 aliphatic carbocycles. The number of oxime groups is 1. The monoisotopic (exact) mass is 548 g/mol. The minimum absolute atomic E-state index is 0.0671. The van der Waals surface area contributed by atoms with Gasteiger partial charge >= 0.3 is 5.97 Å². The van der Waals surface area contributed by atoms with Crippen molar-refractivity contribution in [3.8, 4) is 0 Å². The number of benzene rings is 2. The summed E-state index contributed by atoms with van der Waals surface area (Å²) in [5, 5.41) is 11.9. The summed E-state index contributed by atoms with van der Waals surface area (Å²) < 4.78 is 5.21. The maximum atomic E-state index is 12.9. The second-order valence-corrected chi connectivity index (χ2v) is 10.9. The van der Waals surface area contributed by atoms with Crippen molar-refractivity contribution in [3.63, 3.8) is 0 Å². The fraction of sp³-hybridized carbons (Fsp3) is 0.500. The van der Waals surface area contributed by atoms with Crippen molar-refractivity contribution < 1.29 is 19.5 Å². The number of amides is 1. The van der Waals surface area contributed by atoms with E-state index in [1.54, 1.807) is 0 Å². The summed E-state index contributed by atoms with van der Waals surface area (Å²) in [7, 11) is 1.44. The average molecular weight is 549 g/mol. The minimum atomic E-state index is -0.466. The number of amidine groups is 1. The summed E-state index contributed by atoms with van der Waals surface area (Å²) in [5.41, 5.74) is 9.07. The molecular formula is C30H40N6O4. The Kier molecular flexibility index (Phi) is 8.86. The number of anilines is 1. The van der Waals surface area contributed by atoms with Crippen LogP contribution in [0.1, 0.15) is 53.2 Å². The largest absolute Gasteiger partial charge is 0.468 e. The highest BCUT2D eigenvalue weighted by Crippen LogP contribution is 2.29. The lowest BCUT2D eigenvalue weighted by Crippen LogP contribution is -2.54. The van der Waals surface area contributed by atoms with Gasteiger partial charge in [0.25, 0.3) is 5.91 Å². The fourth-order valence-electron chi connectivity index (χ4n) is 6.27. The van der Waals surface area contributed by atoms with Crippen LogP contribution in [0.3, 0.4) is 0 Å². The lowest BCUT2D eigenvalue weighted by Gasteiger charge is -2.44. The highest BCUT2D eigenvalue weighted by Gasteiger charge is 2.34. The number of carbonyl (C=O) groups excluding carboxylic acids is 2. The molecule has 3 aliphatic heterocycles. The summed E-state index contributed by atoms with van der Waals surface area (Å²) in [6.45, 7) is 7.12. The molecule has 3 aliphatic rings. The van der Waals surface area contributed by atoms with E-state index in [0.717, 1.165) is 89.3 Å². The molecule has 214 valence electrons. The Hall–Kier alpha value is -3.63. The molecule has 2 aromatic rings. The molecule has 40 heavy (non-hydrogen) atoms. The predicted molar refractivity (Wildman–Crippen MR) is 154 cm³/mol. The third-order valence-electron chi connectivity index (χ3n) is 8.62. The lowest BCUT2D eigenvalue weighted by molar-refractivity contribution is -0.148. The number of carbonyl (C=O) groups is 2. The molecule has 0 radical (unpaired) electrons. The van der Waals surface area contributed by atoms with Gasteiger partial charge in [0.1, 0.15) is 6.04 Å². The van der Waals surface area contributed by atoms with E-state index in [2.05, 4.69) is 19.9 Å². The molecule has 0 saturated carbocycles. The number of methoxy groups -OCH3 is 1. The van der Waals surface area contributed by atoms with Crippen molar-refractivity contribution in [1.82, 2.24) is 14.7 Å². The van der Waals surface area contributed by atoms with Crippen LogP contribution in [-0.4, -0.2) is 103 Å². The van der Waals surface area contributed by atoms with E-state index in [1.165, 1.54) is 7.11 Å². The average Bonchev–Trinajstić information content (AvgIpc) is 3.56. The third kappa shape index (κ3) is 6.08. The maximum absolute atomic E-state index is 12.9. The van der Waals surface area contributed by atoms with E-state index in [-0.39, 0.29) is 17.7 Å². The summed E-state index contributed by atoms with van der Waals surface area (Å²) >= 11 is 0. The Balaban J connectivity index is 1.15. The van der Waals surface area contributed by atoms with Crippen LogP contribution in [0, 0.1) is 0 Å². The van der Waals surface area contributed by atoms with Gasteiger partial charge in [-0.3, -0.25) is 14.6 Å². The first kappa shape index (κ1) is 27.9. The first-order chi connectivity index (χ1) is 19.5. The number of hydrogen-bond donors (Lipinski definition) is 2. The van der Waals surface area contributed by atoms with Crippen LogP contribution in [-0.2, 0) is 9.53 Å². The Bertz CT molecular complexity index is 1180. The molecular weight excluding hydrogens is 508 g/mol. The highest BCUT2D eigenvalue weighted by molar-refractivity contribution is 5.97. The van der Waals surface area contributed by atoms with Gasteiger partial charge in [0.05, 0.1) is 7.11 Å². The number of piperidine rings is 1. The molecule has 3 heterocycles. The van der Waals surface area contributed by atoms with E-state index in [9.17, 15) is 9.59 Å². The van der Waals surface area contributed by atoms with Gasteiger partial charge in [-0.05, 0) is 67.6 Å². The smallest absolute Gasteiger partial charge is 0.327 e. The van der Waals surface area contributed by atoms with Gasteiger partial charge in [-0.25, -0.2) is 4.79 Å². The standard InChI is InChI=1S/C30H40N6O4/c1-40-30(38)27(22-4-6-24(7-5-22)29(37)36-14-2-3-15-36)35-16-12-26(13-17-35)34-20-18-33(19-21-34)25-10-8-23(9-11-25)28(31)32-39/h4-11,26-27,39H,2-3,12-21H2,1H3,(H2,31,32). The van der Waals surface area contributed by atoms with Crippen molar-refractivity contribution in [2.75, 3.05) is 64.4 Å². The van der Waals surface area contributed by atoms with Crippen LogP contribution < -0.4 is 10.6 Å². The van der Waals surface area contributed by atoms with Gasteiger partial charge < -0.3 is 25.5 Å². The number of nitrogens with two attached hydrogens (primary N) is 1. The van der Waals surface area contributed by atoms with E-state index < -0.39 is 6.04 Å². The molecule has 1 atom stereocenters. The third-order valence-corrected chi connectivity index (χ3v) is 8.62.